The van der Waals surface area contributed by atoms with E-state index in [-0.39, 0.29) is 0 Å². The molecule has 0 aromatic carbocycles. The lowest BCUT2D eigenvalue weighted by atomic mass is 10.1. The van der Waals surface area contributed by atoms with Gasteiger partial charge < -0.3 is 10.0 Å². The molecule has 0 amide bonds. The molecule has 1 fully saturated rings. The Balaban J connectivity index is 2.21. The van der Waals surface area contributed by atoms with Crippen LogP contribution in [0.2, 0.25) is 0 Å². The lowest BCUT2D eigenvalue weighted by molar-refractivity contribution is 0.0697. The number of hydrogen-bond acceptors (Lipinski definition) is 3. The summed E-state index contributed by atoms with van der Waals surface area (Å²) in [7, 11) is 1.99. The average Bonchev–Trinajstić information content (AvgIpc) is 2.66. The first-order valence-corrected chi connectivity index (χ1v) is 6.60. The van der Waals surface area contributed by atoms with Crippen LogP contribution in [0.4, 0.5) is 5.69 Å². The topological polar surface area (TPSA) is 53.4 Å². The van der Waals surface area contributed by atoms with Crippen LogP contribution in [0.1, 0.15) is 48.9 Å². The van der Waals surface area contributed by atoms with E-state index in [9.17, 15) is 9.90 Å². The molecule has 0 unspecified atom stereocenters. The number of hydrogen-bond donors (Lipinski definition) is 1. The zero-order valence-corrected chi connectivity index (χ0v) is 10.8. The van der Waals surface area contributed by atoms with Crippen LogP contribution in [0.5, 0.6) is 0 Å². The molecule has 0 saturated heterocycles. The number of rotatable bonds is 3. The van der Waals surface area contributed by atoms with Gasteiger partial charge in [0.2, 0.25) is 0 Å². The Bertz CT molecular complexity index is 412. The Morgan fingerprint density at radius 1 is 1.33 bits per heavy atom. The standard InChI is InChI=1S/C14H20N2O2/c1-16(11-6-4-2-3-5-7-11)13-10-15-9-8-12(13)14(17)18/h8-11H,2-7H2,1H3,(H,17,18). The van der Waals surface area contributed by atoms with Crippen LogP contribution >= 0.6 is 0 Å². The van der Waals surface area contributed by atoms with Crippen LogP contribution in [0.3, 0.4) is 0 Å². The van der Waals surface area contributed by atoms with Gasteiger partial charge in [0.05, 0.1) is 17.4 Å². The summed E-state index contributed by atoms with van der Waals surface area (Å²) in [5, 5.41) is 9.21. The van der Waals surface area contributed by atoms with Gasteiger partial charge in [0.1, 0.15) is 0 Å². The van der Waals surface area contributed by atoms with Gasteiger partial charge >= 0.3 is 5.97 Å². The van der Waals surface area contributed by atoms with Crippen molar-refractivity contribution in [3.8, 4) is 0 Å². The van der Waals surface area contributed by atoms with E-state index in [1.165, 1.54) is 31.9 Å². The molecule has 0 aliphatic heterocycles. The van der Waals surface area contributed by atoms with Gasteiger partial charge in [0, 0.05) is 19.3 Å². The molecule has 0 radical (unpaired) electrons. The van der Waals surface area contributed by atoms with Crippen LogP contribution in [-0.2, 0) is 0 Å². The predicted molar refractivity (Wildman–Crippen MR) is 71.1 cm³/mol. The summed E-state index contributed by atoms with van der Waals surface area (Å²) < 4.78 is 0. The molecule has 4 heteroatoms. The highest BCUT2D eigenvalue weighted by Gasteiger charge is 2.21. The highest BCUT2D eigenvalue weighted by molar-refractivity contribution is 5.94. The van der Waals surface area contributed by atoms with E-state index in [0.29, 0.717) is 11.6 Å². The van der Waals surface area contributed by atoms with Crippen molar-refractivity contribution in [2.45, 2.75) is 44.6 Å². The van der Waals surface area contributed by atoms with Crippen LogP contribution < -0.4 is 4.90 Å². The quantitative estimate of drug-likeness (QED) is 0.836. The van der Waals surface area contributed by atoms with E-state index in [2.05, 4.69) is 9.88 Å². The van der Waals surface area contributed by atoms with Crippen molar-refractivity contribution in [2.75, 3.05) is 11.9 Å². The van der Waals surface area contributed by atoms with E-state index in [4.69, 9.17) is 0 Å². The third-order valence-corrected chi connectivity index (χ3v) is 3.78. The number of nitrogens with zero attached hydrogens (tertiary/aromatic N) is 2. The molecule has 0 bridgehead atoms. The molecule has 1 aromatic heterocycles. The highest BCUT2D eigenvalue weighted by atomic mass is 16.4. The lowest BCUT2D eigenvalue weighted by Crippen LogP contribution is -2.32. The van der Waals surface area contributed by atoms with E-state index >= 15 is 0 Å². The third kappa shape index (κ3) is 2.81. The summed E-state index contributed by atoms with van der Waals surface area (Å²) in [4.78, 5) is 17.4. The summed E-state index contributed by atoms with van der Waals surface area (Å²) in [6, 6.07) is 2.01. The summed E-state index contributed by atoms with van der Waals surface area (Å²) in [5.41, 5.74) is 1.08. The maximum atomic E-state index is 11.2. The first kappa shape index (κ1) is 12.9. The Morgan fingerprint density at radius 3 is 2.61 bits per heavy atom. The number of carboxylic acid groups (broad SMARTS) is 1. The highest BCUT2D eigenvalue weighted by Crippen LogP contribution is 2.27. The second kappa shape index (κ2) is 5.85. The van der Waals surface area contributed by atoms with Gasteiger partial charge in [-0.1, -0.05) is 25.7 Å². The minimum atomic E-state index is -0.882. The predicted octanol–water partition coefficient (Wildman–Crippen LogP) is 2.94. The molecule has 18 heavy (non-hydrogen) atoms. The fourth-order valence-corrected chi connectivity index (χ4v) is 2.69. The Hall–Kier alpha value is -1.58. The number of anilines is 1. The number of aromatic nitrogens is 1. The first-order chi connectivity index (χ1) is 8.70. The smallest absolute Gasteiger partial charge is 0.337 e. The zero-order valence-electron chi connectivity index (χ0n) is 10.8. The number of pyridine rings is 1. The Kier molecular flexibility index (Phi) is 4.18. The molecule has 98 valence electrons. The molecule has 2 rings (SSSR count). The van der Waals surface area contributed by atoms with Crippen molar-refractivity contribution in [2.24, 2.45) is 0 Å². The van der Waals surface area contributed by atoms with E-state index in [0.717, 1.165) is 18.5 Å². The molecular formula is C14H20N2O2. The maximum Gasteiger partial charge on any atom is 0.337 e. The number of aromatic carboxylic acids is 1. The Labute approximate surface area is 108 Å². The van der Waals surface area contributed by atoms with Crippen LogP contribution in [0, 0.1) is 0 Å². The lowest BCUT2D eigenvalue weighted by Gasteiger charge is -2.29. The second-order valence-corrected chi connectivity index (χ2v) is 4.95. The summed E-state index contributed by atoms with van der Waals surface area (Å²) in [6.45, 7) is 0. The van der Waals surface area contributed by atoms with Gasteiger partial charge in [-0.05, 0) is 18.9 Å². The van der Waals surface area contributed by atoms with Crippen molar-refractivity contribution in [1.82, 2.24) is 4.98 Å². The summed E-state index contributed by atoms with van der Waals surface area (Å²) in [6.07, 6.45) is 10.5. The first-order valence-electron chi connectivity index (χ1n) is 6.60. The third-order valence-electron chi connectivity index (χ3n) is 3.78. The summed E-state index contributed by atoms with van der Waals surface area (Å²) >= 11 is 0. The molecule has 0 atom stereocenters. The van der Waals surface area contributed by atoms with Crippen molar-refractivity contribution < 1.29 is 9.90 Å². The van der Waals surface area contributed by atoms with Crippen molar-refractivity contribution in [3.05, 3.63) is 24.0 Å². The van der Waals surface area contributed by atoms with Crippen molar-refractivity contribution in [1.29, 1.82) is 0 Å². The molecule has 1 saturated carbocycles. The fraction of sp³-hybridized carbons (Fsp3) is 0.571. The minimum Gasteiger partial charge on any atom is -0.478 e. The summed E-state index contributed by atoms with van der Waals surface area (Å²) in [5.74, 6) is -0.882. The molecular weight excluding hydrogens is 228 g/mol. The van der Waals surface area contributed by atoms with E-state index in [1.807, 2.05) is 7.05 Å². The van der Waals surface area contributed by atoms with Gasteiger partial charge in [-0.15, -0.1) is 0 Å². The maximum absolute atomic E-state index is 11.2. The number of carboxylic acids is 1. The molecule has 1 aromatic rings. The van der Waals surface area contributed by atoms with Gasteiger partial charge in [-0.3, -0.25) is 4.98 Å². The van der Waals surface area contributed by atoms with Crippen LogP contribution in [0.15, 0.2) is 18.5 Å². The van der Waals surface area contributed by atoms with Crippen LogP contribution in [-0.4, -0.2) is 29.1 Å². The second-order valence-electron chi connectivity index (χ2n) is 4.95. The minimum absolute atomic E-state index is 0.344. The molecule has 1 aliphatic rings. The normalized spacial score (nSPS) is 17.2. The van der Waals surface area contributed by atoms with E-state index in [1.54, 1.807) is 12.3 Å². The molecule has 1 N–H and O–H groups in total. The van der Waals surface area contributed by atoms with Gasteiger partial charge in [-0.2, -0.15) is 0 Å². The monoisotopic (exact) mass is 248 g/mol. The molecule has 0 spiro atoms. The SMILES string of the molecule is CN(c1cnccc1C(=O)O)C1CCCCCC1. The average molecular weight is 248 g/mol. The zero-order chi connectivity index (χ0) is 13.0. The van der Waals surface area contributed by atoms with E-state index < -0.39 is 5.97 Å². The Morgan fingerprint density at radius 2 is 2.00 bits per heavy atom. The van der Waals surface area contributed by atoms with Gasteiger partial charge in [0.25, 0.3) is 0 Å². The van der Waals surface area contributed by atoms with Crippen LogP contribution in [0.25, 0.3) is 0 Å². The van der Waals surface area contributed by atoms with Gasteiger partial charge in [0.15, 0.2) is 0 Å². The molecule has 1 aliphatic carbocycles. The molecule has 1 heterocycles. The number of carbonyl (C=O) groups is 1. The largest absolute Gasteiger partial charge is 0.478 e. The van der Waals surface area contributed by atoms with Gasteiger partial charge in [-0.25, -0.2) is 4.79 Å². The molecule has 4 nitrogen and oxygen atoms in total. The van der Waals surface area contributed by atoms with Crippen molar-refractivity contribution in [3.63, 3.8) is 0 Å². The van der Waals surface area contributed by atoms with Crippen molar-refractivity contribution >= 4 is 11.7 Å². The fourth-order valence-electron chi connectivity index (χ4n) is 2.69.